The van der Waals surface area contributed by atoms with Crippen LogP contribution in [0, 0.1) is 0 Å². The smallest absolute Gasteiger partial charge is 0.252 e. The molecule has 2 rings (SSSR count). The third-order valence-corrected chi connectivity index (χ3v) is 4.14. The first kappa shape index (κ1) is 15.5. The summed E-state index contributed by atoms with van der Waals surface area (Å²) in [5.74, 6) is -0.149. The molecular weight excluding hydrogens is 264 g/mol. The molecule has 0 spiro atoms. The SMILES string of the molecule is CCC1(C)NC(=O)CN(c2ccccc2C(C)(C)C)C1=O. The summed E-state index contributed by atoms with van der Waals surface area (Å²) in [5.41, 5.74) is 1.00. The summed E-state index contributed by atoms with van der Waals surface area (Å²) in [6.07, 6.45) is 0.575. The Bertz CT molecular complexity index is 574. The number of amides is 2. The Balaban J connectivity index is 2.51. The Morgan fingerprint density at radius 2 is 1.86 bits per heavy atom. The average Bonchev–Trinajstić information content (AvgIpc) is 2.42. The van der Waals surface area contributed by atoms with Crippen molar-refractivity contribution in [1.82, 2.24) is 5.32 Å². The number of hydrogen-bond acceptors (Lipinski definition) is 2. The molecule has 4 nitrogen and oxygen atoms in total. The van der Waals surface area contributed by atoms with E-state index in [2.05, 4.69) is 26.1 Å². The lowest BCUT2D eigenvalue weighted by Crippen LogP contribution is -2.65. The quantitative estimate of drug-likeness (QED) is 0.909. The molecule has 1 unspecified atom stereocenters. The molecule has 1 aliphatic rings. The molecule has 114 valence electrons. The maximum atomic E-state index is 12.8. The van der Waals surface area contributed by atoms with Crippen LogP contribution in [-0.4, -0.2) is 23.9 Å². The Hall–Kier alpha value is -1.84. The molecule has 1 aliphatic heterocycles. The van der Waals surface area contributed by atoms with Gasteiger partial charge in [0, 0.05) is 5.69 Å². The van der Waals surface area contributed by atoms with E-state index in [1.807, 2.05) is 31.2 Å². The standard InChI is InChI=1S/C17H24N2O2/c1-6-17(5)15(21)19(11-14(20)18-17)13-10-8-7-9-12(13)16(2,3)4/h7-10H,6,11H2,1-5H3,(H,18,20). The summed E-state index contributed by atoms with van der Waals surface area (Å²) in [4.78, 5) is 26.5. The number of piperazine rings is 1. The summed E-state index contributed by atoms with van der Waals surface area (Å²) in [7, 11) is 0. The second-order valence-corrected chi connectivity index (χ2v) is 6.89. The number of carbonyl (C=O) groups is 2. The highest BCUT2D eigenvalue weighted by molar-refractivity contribution is 6.09. The van der Waals surface area contributed by atoms with E-state index in [1.54, 1.807) is 11.8 Å². The van der Waals surface area contributed by atoms with E-state index in [0.717, 1.165) is 11.3 Å². The maximum Gasteiger partial charge on any atom is 0.252 e. The van der Waals surface area contributed by atoms with Crippen LogP contribution in [-0.2, 0) is 15.0 Å². The summed E-state index contributed by atoms with van der Waals surface area (Å²) in [6, 6.07) is 7.83. The van der Waals surface area contributed by atoms with Gasteiger partial charge in [-0.25, -0.2) is 0 Å². The van der Waals surface area contributed by atoms with Crippen molar-refractivity contribution in [1.29, 1.82) is 0 Å². The molecule has 4 heteroatoms. The zero-order chi connectivity index (χ0) is 15.8. The molecule has 0 aliphatic carbocycles. The number of benzene rings is 1. The van der Waals surface area contributed by atoms with E-state index < -0.39 is 5.54 Å². The fourth-order valence-corrected chi connectivity index (χ4v) is 2.69. The molecule has 1 atom stereocenters. The van der Waals surface area contributed by atoms with E-state index in [9.17, 15) is 9.59 Å². The van der Waals surface area contributed by atoms with E-state index in [-0.39, 0.29) is 23.8 Å². The fraction of sp³-hybridized carbons (Fsp3) is 0.529. The molecule has 1 N–H and O–H groups in total. The molecule has 1 aromatic rings. The Kier molecular flexibility index (Phi) is 3.83. The third kappa shape index (κ3) is 2.80. The molecule has 21 heavy (non-hydrogen) atoms. The Morgan fingerprint density at radius 1 is 1.24 bits per heavy atom. The maximum absolute atomic E-state index is 12.8. The van der Waals surface area contributed by atoms with Crippen molar-refractivity contribution >= 4 is 17.5 Å². The largest absolute Gasteiger partial charge is 0.340 e. The van der Waals surface area contributed by atoms with Gasteiger partial charge in [0.25, 0.3) is 5.91 Å². The lowest BCUT2D eigenvalue weighted by molar-refractivity contribution is -0.135. The fourth-order valence-electron chi connectivity index (χ4n) is 2.69. The van der Waals surface area contributed by atoms with Gasteiger partial charge in [-0.2, -0.15) is 0 Å². The zero-order valence-electron chi connectivity index (χ0n) is 13.5. The normalized spacial score (nSPS) is 23.2. The molecule has 0 radical (unpaired) electrons. The van der Waals surface area contributed by atoms with Gasteiger partial charge in [-0.1, -0.05) is 45.9 Å². The minimum absolute atomic E-state index is 0.0405. The molecule has 1 aromatic carbocycles. The van der Waals surface area contributed by atoms with Gasteiger partial charge >= 0.3 is 0 Å². The summed E-state index contributed by atoms with van der Waals surface area (Å²) in [5, 5.41) is 2.82. The van der Waals surface area contributed by atoms with Gasteiger partial charge in [0.1, 0.15) is 12.1 Å². The first-order valence-electron chi connectivity index (χ1n) is 7.41. The predicted octanol–water partition coefficient (Wildman–Crippen LogP) is 2.62. The highest BCUT2D eigenvalue weighted by Crippen LogP contribution is 2.34. The second kappa shape index (κ2) is 5.17. The number of rotatable bonds is 2. The van der Waals surface area contributed by atoms with Gasteiger partial charge in [-0.15, -0.1) is 0 Å². The number of nitrogens with zero attached hydrogens (tertiary/aromatic N) is 1. The molecular formula is C17H24N2O2. The van der Waals surface area contributed by atoms with Crippen molar-refractivity contribution in [2.24, 2.45) is 0 Å². The van der Waals surface area contributed by atoms with Crippen LogP contribution < -0.4 is 10.2 Å². The van der Waals surface area contributed by atoms with Crippen molar-refractivity contribution in [3.05, 3.63) is 29.8 Å². The third-order valence-electron chi connectivity index (χ3n) is 4.14. The highest BCUT2D eigenvalue weighted by atomic mass is 16.2. The van der Waals surface area contributed by atoms with Crippen molar-refractivity contribution < 1.29 is 9.59 Å². The topological polar surface area (TPSA) is 49.4 Å². The van der Waals surface area contributed by atoms with Gasteiger partial charge in [0.15, 0.2) is 0 Å². The van der Waals surface area contributed by atoms with Crippen LogP contribution in [0.15, 0.2) is 24.3 Å². The number of para-hydroxylation sites is 1. The van der Waals surface area contributed by atoms with Crippen LogP contribution in [0.4, 0.5) is 5.69 Å². The molecule has 2 amide bonds. The Labute approximate surface area is 126 Å². The van der Waals surface area contributed by atoms with Gasteiger partial charge in [0.2, 0.25) is 5.91 Å². The van der Waals surface area contributed by atoms with Crippen LogP contribution in [0.1, 0.15) is 46.6 Å². The lowest BCUT2D eigenvalue weighted by Gasteiger charge is -2.40. The molecule has 0 saturated carbocycles. The Morgan fingerprint density at radius 3 is 2.43 bits per heavy atom. The number of anilines is 1. The molecule has 1 fully saturated rings. The van der Waals surface area contributed by atoms with E-state index in [4.69, 9.17) is 0 Å². The summed E-state index contributed by atoms with van der Waals surface area (Å²) >= 11 is 0. The van der Waals surface area contributed by atoms with Crippen LogP contribution in [0.2, 0.25) is 0 Å². The summed E-state index contributed by atoms with van der Waals surface area (Å²) < 4.78 is 0. The van der Waals surface area contributed by atoms with E-state index in [1.165, 1.54) is 0 Å². The van der Waals surface area contributed by atoms with Gasteiger partial charge < -0.3 is 10.2 Å². The highest BCUT2D eigenvalue weighted by Gasteiger charge is 2.43. The van der Waals surface area contributed by atoms with Gasteiger partial charge in [0.05, 0.1) is 0 Å². The summed E-state index contributed by atoms with van der Waals surface area (Å²) in [6.45, 7) is 10.1. The van der Waals surface area contributed by atoms with Gasteiger partial charge in [-0.3, -0.25) is 9.59 Å². The van der Waals surface area contributed by atoms with Crippen molar-refractivity contribution in [3.8, 4) is 0 Å². The minimum Gasteiger partial charge on any atom is -0.340 e. The van der Waals surface area contributed by atoms with E-state index >= 15 is 0 Å². The monoisotopic (exact) mass is 288 g/mol. The molecule has 0 aromatic heterocycles. The lowest BCUT2D eigenvalue weighted by atomic mass is 9.84. The molecule has 1 saturated heterocycles. The van der Waals surface area contributed by atoms with Crippen LogP contribution in [0.5, 0.6) is 0 Å². The zero-order valence-corrected chi connectivity index (χ0v) is 13.5. The van der Waals surface area contributed by atoms with Crippen molar-refractivity contribution in [3.63, 3.8) is 0 Å². The average molecular weight is 288 g/mol. The van der Waals surface area contributed by atoms with Crippen molar-refractivity contribution in [2.75, 3.05) is 11.4 Å². The predicted molar refractivity (Wildman–Crippen MR) is 84.3 cm³/mol. The second-order valence-electron chi connectivity index (χ2n) is 6.89. The molecule has 0 bridgehead atoms. The minimum atomic E-state index is -0.819. The first-order valence-corrected chi connectivity index (χ1v) is 7.41. The van der Waals surface area contributed by atoms with E-state index in [0.29, 0.717) is 6.42 Å². The van der Waals surface area contributed by atoms with Crippen LogP contribution in [0.3, 0.4) is 0 Å². The van der Waals surface area contributed by atoms with Crippen molar-refractivity contribution in [2.45, 2.75) is 52.0 Å². The van der Waals surface area contributed by atoms with Gasteiger partial charge in [-0.05, 0) is 30.4 Å². The van der Waals surface area contributed by atoms with Crippen LogP contribution >= 0.6 is 0 Å². The number of hydrogen-bond donors (Lipinski definition) is 1. The number of carbonyl (C=O) groups excluding carboxylic acids is 2. The van der Waals surface area contributed by atoms with Crippen LogP contribution in [0.25, 0.3) is 0 Å². The number of nitrogens with one attached hydrogen (secondary N) is 1. The molecule has 1 heterocycles. The first-order chi connectivity index (χ1) is 9.69.